The SMILES string of the molecule is Cc1nnnn1C(Cc1cccc(F)c1)C(=O)Nc1ccc2c(c1F)CCNC2. The van der Waals surface area contributed by atoms with Crippen molar-refractivity contribution < 1.29 is 13.6 Å². The average molecular weight is 398 g/mol. The molecule has 0 saturated heterocycles. The highest BCUT2D eigenvalue weighted by molar-refractivity contribution is 5.94. The van der Waals surface area contributed by atoms with Crippen molar-refractivity contribution in [1.29, 1.82) is 0 Å². The summed E-state index contributed by atoms with van der Waals surface area (Å²) < 4.78 is 29.9. The Labute approximate surface area is 166 Å². The van der Waals surface area contributed by atoms with Crippen molar-refractivity contribution in [2.45, 2.75) is 32.4 Å². The number of tetrazole rings is 1. The van der Waals surface area contributed by atoms with Gasteiger partial charge in [-0.15, -0.1) is 5.10 Å². The van der Waals surface area contributed by atoms with Crippen LogP contribution in [0.15, 0.2) is 36.4 Å². The number of nitrogens with zero attached hydrogens (tertiary/aromatic N) is 4. The maximum Gasteiger partial charge on any atom is 0.249 e. The molecule has 1 atom stereocenters. The van der Waals surface area contributed by atoms with Crippen LogP contribution in [0.3, 0.4) is 0 Å². The number of benzene rings is 2. The van der Waals surface area contributed by atoms with Crippen LogP contribution in [0.2, 0.25) is 0 Å². The number of aromatic nitrogens is 4. The zero-order valence-corrected chi connectivity index (χ0v) is 15.8. The molecule has 0 radical (unpaired) electrons. The van der Waals surface area contributed by atoms with E-state index in [-0.39, 0.29) is 12.1 Å². The van der Waals surface area contributed by atoms with Gasteiger partial charge in [0.15, 0.2) is 0 Å². The maximum atomic E-state index is 14.9. The van der Waals surface area contributed by atoms with Gasteiger partial charge in [0.1, 0.15) is 23.5 Å². The summed E-state index contributed by atoms with van der Waals surface area (Å²) in [6.07, 6.45) is 0.718. The van der Waals surface area contributed by atoms with Gasteiger partial charge in [-0.1, -0.05) is 18.2 Å². The van der Waals surface area contributed by atoms with Crippen LogP contribution in [-0.4, -0.2) is 32.7 Å². The molecule has 7 nitrogen and oxygen atoms in total. The molecule has 0 spiro atoms. The molecule has 9 heteroatoms. The first-order valence-corrected chi connectivity index (χ1v) is 9.33. The Morgan fingerprint density at radius 1 is 1.31 bits per heavy atom. The van der Waals surface area contributed by atoms with Crippen molar-refractivity contribution in [2.24, 2.45) is 0 Å². The number of carbonyl (C=O) groups is 1. The van der Waals surface area contributed by atoms with Crippen LogP contribution in [-0.2, 0) is 24.2 Å². The molecule has 2 heterocycles. The van der Waals surface area contributed by atoms with E-state index in [9.17, 15) is 13.6 Å². The largest absolute Gasteiger partial charge is 0.322 e. The highest BCUT2D eigenvalue weighted by atomic mass is 19.1. The summed E-state index contributed by atoms with van der Waals surface area (Å²) >= 11 is 0. The predicted octanol–water partition coefficient (Wildman–Crippen LogP) is 2.33. The van der Waals surface area contributed by atoms with E-state index >= 15 is 0 Å². The second kappa shape index (κ2) is 8.04. The van der Waals surface area contributed by atoms with E-state index in [1.165, 1.54) is 16.8 Å². The Morgan fingerprint density at radius 3 is 2.93 bits per heavy atom. The minimum absolute atomic E-state index is 0.116. The quantitative estimate of drug-likeness (QED) is 0.689. The average Bonchev–Trinajstić information content (AvgIpc) is 3.14. The first-order valence-electron chi connectivity index (χ1n) is 9.33. The Bertz CT molecular complexity index is 1050. The van der Waals surface area contributed by atoms with Gasteiger partial charge in [0.05, 0.1) is 5.69 Å². The molecule has 1 amide bonds. The zero-order valence-electron chi connectivity index (χ0n) is 15.8. The van der Waals surface area contributed by atoms with E-state index < -0.39 is 23.6 Å². The van der Waals surface area contributed by atoms with E-state index in [1.807, 2.05) is 6.07 Å². The molecule has 1 unspecified atom stereocenters. The van der Waals surface area contributed by atoms with Gasteiger partial charge in [-0.25, -0.2) is 13.5 Å². The molecular weight excluding hydrogens is 378 g/mol. The highest BCUT2D eigenvalue weighted by Crippen LogP contribution is 2.26. The lowest BCUT2D eigenvalue weighted by Gasteiger charge is -2.21. The number of aryl methyl sites for hydroxylation is 1. The third-order valence-electron chi connectivity index (χ3n) is 5.04. The van der Waals surface area contributed by atoms with Crippen LogP contribution in [0.1, 0.15) is 28.6 Å². The number of hydrogen-bond acceptors (Lipinski definition) is 5. The monoisotopic (exact) mass is 398 g/mol. The van der Waals surface area contributed by atoms with E-state index in [0.29, 0.717) is 36.5 Å². The van der Waals surface area contributed by atoms with E-state index in [1.54, 1.807) is 25.1 Å². The first kappa shape index (κ1) is 19.1. The number of nitrogens with one attached hydrogen (secondary N) is 2. The fraction of sp³-hybridized carbons (Fsp3) is 0.300. The van der Waals surface area contributed by atoms with Gasteiger partial charge in [0.25, 0.3) is 0 Å². The third kappa shape index (κ3) is 4.00. The van der Waals surface area contributed by atoms with Crippen LogP contribution in [0.5, 0.6) is 0 Å². The summed E-state index contributed by atoms with van der Waals surface area (Å²) in [5, 5.41) is 17.2. The topological polar surface area (TPSA) is 84.7 Å². The molecule has 0 aliphatic carbocycles. The van der Waals surface area contributed by atoms with Gasteiger partial charge in [-0.3, -0.25) is 4.79 Å². The van der Waals surface area contributed by atoms with Crippen molar-refractivity contribution in [3.8, 4) is 0 Å². The van der Waals surface area contributed by atoms with Gasteiger partial charge in [0, 0.05) is 13.0 Å². The predicted molar refractivity (Wildman–Crippen MR) is 102 cm³/mol. The molecule has 3 aromatic rings. The summed E-state index contributed by atoms with van der Waals surface area (Å²) in [6, 6.07) is 8.49. The Balaban J connectivity index is 1.63. The fourth-order valence-corrected chi connectivity index (χ4v) is 3.55. The van der Waals surface area contributed by atoms with Crippen LogP contribution < -0.4 is 10.6 Å². The number of amides is 1. The van der Waals surface area contributed by atoms with E-state index in [0.717, 1.165) is 5.56 Å². The molecule has 4 rings (SSSR count). The molecule has 29 heavy (non-hydrogen) atoms. The van der Waals surface area contributed by atoms with Crippen molar-refractivity contribution in [3.05, 3.63) is 70.5 Å². The summed E-state index contributed by atoms with van der Waals surface area (Å²) in [5.74, 6) is -0.865. The number of rotatable bonds is 5. The van der Waals surface area contributed by atoms with Gasteiger partial charge < -0.3 is 10.6 Å². The number of halogens is 2. The molecule has 2 aromatic carbocycles. The minimum Gasteiger partial charge on any atom is -0.322 e. The molecule has 0 saturated carbocycles. The second-order valence-corrected chi connectivity index (χ2v) is 7.00. The molecular formula is C20H20F2N6O. The van der Waals surface area contributed by atoms with E-state index in [2.05, 4.69) is 26.2 Å². The smallest absolute Gasteiger partial charge is 0.249 e. The molecule has 1 aliphatic rings. The van der Waals surface area contributed by atoms with Crippen LogP contribution in [0.25, 0.3) is 0 Å². The Morgan fingerprint density at radius 2 is 2.17 bits per heavy atom. The number of fused-ring (bicyclic) bond motifs is 1. The van der Waals surface area contributed by atoms with Gasteiger partial charge in [-0.05, 0) is 65.2 Å². The van der Waals surface area contributed by atoms with Crippen molar-refractivity contribution in [1.82, 2.24) is 25.5 Å². The van der Waals surface area contributed by atoms with Gasteiger partial charge in [0.2, 0.25) is 5.91 Å². The van der Waals surface area contributed by atoms with Gasteiger partial charge >= 0.3 is 0 Å². The molecule has 0 fully saturated rings. The standard InChI is InChI=1S/C20H20F2N6O/c1-12-25-26-27-28(12)18(10-13-3-2-4-15(21)9-13)20(29)24-17-6-5-14-11-23-8-7-16(14)19(17)22/h2-6,9,18,23H,7-8,10-11H2,1H3,(H,24,29). The number of hydrogen-bond donors (Lipinski definition) is 2. The van der Waals surface area contributed by atoms with Crippen LogP contribution in [0.4, 0.5) is 14.5 Å². The van der Waals surface area contributed by atoms with Gasteiger partial charge in [-0.2, -0.15) is 0 Å². The molecule has 0 bridgehead atoms. The lowest BCUT2D eigenvalue weighted by molar-refractivity contribution is -0.119. The number of anilines is 1. The zero-order chi connectivity index (χ0) is 20.4. The number of carbonyl (C=O) groups excluding carboxylic acids is 1. The van der Waals surface area contributed by atoms with Crippen LogP contribution >= 0.6 is 0 Å². The Hall–Kier alpha value is -3.20. The second-order valence-electron chi connectivity index (χ2n) is 7.00. The Kier molecular flexibility index (Phi) is 5.30. The molecule has 1 aromatic heterocycles. The third-order valence-corrected chi connectivity index (χ3v) is 5.04. The van der Waals surface area contributed by atoms with Crippen LogP contribution in [0, 0.1) is 18.6 Å². The fourth-order valence-electron chi connectivity index (χ4n) is 3.55. The van der Waals surface area contributed by atoms with Crippen molar-refractivity contribution in [2.75, 3.05) is 11.9 Å². The summed E-state index contributed by atoms with van der Waals surface area (Å²) in [7, 11) is 0. The van der Waals surface area contributed by atoms with E-state index in [4.69, 9.17) is 0 Å². The molecule has 150 valence electrons. The highest BCUT2D eigenvalue weighted by Gasteiger charge is 2.26. The summed E-state index contributed by atoms with van der Waals surface area (Å²) in [4.78, 5) is 13.1. The lowest BCUT2D eigenvalue weighted by Crippen LogP contribution is -2.30. The normalized spacial score (nSPS) is 14.3. The summed E-state index contributed by atoms with van der Waals surface area (Å²) in [6.45, 7) is 2.96. The maximum absolute atomic E-state index is 14.9. The minimum atomic E-state index is -0.858. The van der Waals surface area contributed by atoms with Crippen molar-refractivity contribution in [3.63, 3.8) is 0 Å². The lowest BCUT2D eigenvalue weighted by atomic mass is 9.99. The van der Waals surface area contributed by atoms with Crippen molar-refractivity contribution >= 4 is 11.6 Å². The molecule has 2 N–H and O–H groups in total. The summed E-state index contributed by atoms with van der Waals surface area (Å²) in [5.41, 5.74) is 2.23. The molecule has 1 aliphatic heterocycles. The first-order chi connectivity index (χ1) is 14.0.